The van der Waals surface area contributed by atoms with E-state index in [9.17, 15) is 13.2 Å². The average Bonchev–Trinajstić information content (AvgIpc) is 2.12. The fourth-order valence-corrected chi connectivity index (χ4v) is 2.78. The van der Waals surface area contributed by atoms with Crippen molar-refractivity contribution >= 4 is 0 Å². The van der Waals surface area contributed by atoms with Crippen LogP contribution in [-0.4, -0.2) is 42.8 Å². The molecular formula is C13H25F3N2. The van der Waals surface area contributed by atoms with Crippen LogP contribution in [-0.2, 0) is 0 Å². The molecule has 0 saturated heterocycles. The minimum atomic E-state index is -4.06. The number of hydrogen-bond acceptors (Lipinski definition) is 2. The first-order chi connectivity index (χ1) is 8.00. The summed E-state index contributed by atoms with van der Waals surface area (Å²) < 4.78 is 38.5. The second kappa shape index (κ2) is 5.37. The molecule has 0 aliphatic heterocycles. The fraction of sp³-hybridized carbons (Fsp3) is 1.00. The first kappa shape index (κ1) is 15.8. The largest absolute Gasteiger partial charge is 0.391 e. The Morgan fingerprint density at radius 2 is 1.61 bits per heavy atom. The van der Waals surface area contributed by atoms with E-state index in [1.165, 1.54) is 0 Å². The van der Waals surface area contributed by atoms with Crippen LogP contribution in [0, 0.1) is 5.92 Å². The smallest absolute Gasteiger partial charge is 0.308 e. The lowest BCUT2D eigenvalue weighted by molar-refractivity contribution is -0.187. The van der Waals surface area contributed by atoms with Crippen LogP contribution in [0.1, 0.15) is 40.0 Å². The average molecular weight is 266 g/mol. The van der Waals surface area contributed by atoms with Crippen molar-refractivity contribution in [1.29, 1.82) is 0 Å². The van der Waals surface area contributed by atoms with E-state index in [0.717, 1.165) is 0 Å². The highest BCUT2D eigenvalue weighted by molar-refractivity contribution is 4.94. The van der Waals surface area contributed by atoms with Crippen molar-refractivity contribution < 1.29 is 13.2 Å². The molecule has 1 aliphatic rings. The molecule has 0 aromatic carbocycles. The number of nitrogens with zero attached hydrogens (tertiary/aromatic N) is 1. The Kier molecular flexibility index (Phi) is 4.70. The first-order valence-electron chi connectivity index (χ1n) is 6.51. The van der Waals surface area contributed by atoms with E-state index in [-0.39, 0.29) is 30.5 Å². The molecule has 2 nitrogen and oxygen atoms in total. The van der Waals surface area contributed by atoms with Gasteiger partial charge in [-0.05, 0) is 54.1 Å². The standard InChI is InChI=1S/C13H25F3N2/c1-12(2,3)17-10-8-9(13(14,15)16)6-7-11(10)18(4)5/h9-11,17H,6-8H2,1-5H3/t9-,10-,11-/m0/s1. The van der Waals surface area contributed by atoms with Gasteiger partial charge in [-0.2, -0.15) is 13.2 Å². The molecule has 108 valence electrons. The van der Waals surface area contributed by atoms with E-state index in [0.29, 0.717) is 6.42 Å². The first-order valence-corrected chi connectivity index (χ1v) is 6.51. The molecule has 0 radical (unpaired) electrons. The summed E-state index contributed by atoms with van der Waals surface area (Å²) in [5.74, 6) is -1.16. The molecule has 0 aromatic rings. The number of likely N-dealkylation sites (N-methyl/N-ethyl adjacent to an activating group) is 1. The highest BCUT2D eigenvalue weighted by Gasteiger charge is 2.45. The number of rotatable bonds is 2. The predicted octanol–water partition coefficient (Wildman–Crippen LogP) is 3.04. The van der Waals surface area contributed by atoms with Crippen molar-refractivity contribution in [2.75, 3.05) is 14.1 Å². The van der Waals surface area contributed by atoms with Gasteiger partial charge in [0.05, 0.1) is 5.92 Å². The summed E-state index contributed by atoms with van der Waals surface area (Å²) in [4.78, 5) is 2.04. The lowest BCUT2D eigenvalue weighted by atomic mass is 9.80. The molecular weight excluding hydrogens is 241 g/mol. The summed E-state index contributed by atoms with van der Waals surface area (Å²) in [7, 11) is 3.88. The van der Waals surface area contributed by atoms with E-state index in [2.05, 4.69) is 5.32 Å². The third kappa shape index (κ3) is 4.43. The van der Waals surface area contributed by atoms with E-state index >= 15 is 0 Å². The van der Waals surface area contributed by atoms with Gasteiger partial charge in [0.2, 0.25) is 0 Å². The van der Waals surface area contributed by atoms with Crippen LogP contribution in [0.25, 0.3) is 0 Å². The molecule has 0 unspecified atom stereocenters. The predicted molar refractivity (Wildman–Crippen MR) is 67.5 cm³/mol. The molecule has 3 atom stereocenters. The third-order valence-electron chi connectivity index (χ3n) is 3.56. The second-order valence-electron chi connectivity index (χ2n) is 6.58. The van der Waals surface area contributed by atoms with Crippen molar-refractivity contribution in [2.24, 2.45) is 5.92 Å². The summed E-state index contributed by atoms with van der Waals surface area (Å²) >= 11 is 0. The maximum atomic E-state index is 12.8. The molecule has 1 aliphatic carbocycles. The Morgan fingerprint density at radius 1 is 1.06 bits per heavy atom. The van der Waals surface area contributed by atoms with E-state index in [4.69, 9.17) is 0 Å². The van der Waals surface area contributed by atoms with Gasteiger partial charge in [-0.3, -0.25) is 0 Å². The Hall–Kier alpha value is -0.290. The van der Waals surface area contributed by atoms with Gasteiger partial charge in [0, 0.05) is 17.6 Å². The molecule has 1 fully saturated rings. The minimum absolute atomic E-state index is 0.0969. The van der Waals surface area contributed by atoms with Gasteiger partial charge in [-0.25, -0.2) is 0 Å². The van der Waals surface area contributed by atoms with E-state index in [1.807, 2.05) is 39.8 Å². The summed E-state index contributed by atoms with van der Waals surface area (Å²) in [5, 5.41) is 3.35. The van der Waals surface area contributed by atoms with Crippen LogP contribution in [0.2, 0.25) is 0 Å². The molecule has 0 heterocycles. The maximum absolute atomic E-state index is 12.8. The van der Waals surface area contributed by atoms with Crippen LogP contribution >= 0.6 is 0 Å². The van der Waals surface area contributed by atoms with Crippen LogP contribution in [0.15, 0.2) is 0 Å². The van der Waals surface area contributed by atoms with Crippen molar-refractivity contribution in [1.82, 2.24) is 10.2 Å². The second-order valence-corrected chi connectivity index (χ2v) is 6.58. The fourth-order valence-electron chi connectivity index (χ4n) is 2.78. The van der Waals surface area contributed by atoms with Crippen molar-refractivity contribution in [2.45, 2.75) is 63.8 Å². The van der Waals surface area contributed by atoms with Gasteiger partial charge >= 0.3 is 6.18 Å². The molecule has 0 amide bonds. The molecule has 1 saturated carbocycles. The SMILES string of the molecule is CN(C)[C@H]1CC[C@H](C(F)(F)F)C[C@@H]1NC(C)(C)C. The van der Waals surface area contributed by atoms with Crippen LogP contribution in [0.4, 0.5) is 13.2 Å². The zero-order valence-electron chi connectivity index (χ0n) is 11.9. The highest BCUT2D eigenvalue weighted by Crippen LogP contribution is 2.39. The lowest BCUT2D eigenvalue weighted by Crippen LogP contribution is -2.57. The van der Waals surface area contributed by atoms with Gasteiger partial charge < -0.3 is 10.2 Å². The normalized spacial score (nSPS) is 30.8. The number of alkyl halides is 3. The summed E-state index contributed by atoms with van der Waals surface area (Å²) in [6.45, 7) is 5.99. The van der Waals surface area contributed by atoms with Gasteiger partial charge in [0.1, 0.15) is 0 Å². The van der Waals surface area contributed by atoms with Crippen LogP contribution in [0.5, 0.6) is 0 Å². The van der Waals surface area contributed by atoms with E-state index < -0.39 is 12.1 Å². The zero-order valence-corrected chi connectivity index (χ0v) is 11.9. The molecule has 5 heteroatoms. The minimum Gasteiger partial charge on any atom is -0.308 e. The topological polar surface area (TPSA) is 15.3 Å². The molecule has 18 heavy (non-hydrogen) atoms. The Labute approximate surface area is 108 Å². The van der Waals surface area contributed by atoms with Crippen LogP contribution < -0.4 is 5.32 Å². The van der Waals surface area contributed by atoms with E-state index in [1.54, 1.807) is 0 Å². The van der Waals surface area contributed by atoms with Gasteiger partial charge in [0.25, 0.3) is 0 Å². The zero-order chi connectivity index (χ0) is 14.1. The molecule has 0 bridgehead atoms. The Morgan fingerprint density at radius 3 is 2.00 bits per heavy atom. The van der Waals surface area contributed by atoms with Crippen molar-refractivity contribution in [3.05, 3.63) is 0 Å². The van der Waals surface area contributed by atoms with Gasteiger partial charge in [0.15, 0.2) is 0 Å². The summed E-state index contributed by atoms with van der Waals surface area (Å²) in [6, 6.07) is 0.0863. The lowest BCUT2D eigenvalue weighted by Gasteiger charge is -2.43. The number of nitrogens with one attached hydrogen (secondary N) is 1. The quantitative estimate of drug-likeness (QED) is 0.826. The molecule has 1 rings (SSSR count). The molecule has 1 N–H and O–H groups in total. The Balaban J connectivity index is 2.77. The van der Waals surface area contributed by atoms with Gasteiger partial charge in [-0.15, -0.1) is 0 Å². The summed E-state index contributed by atoms with van der Waals surface area (Å²) in [5.41, 5.74) is -0.160. The monoisotopic (exact) mass is 266 g/mol. The van der Waals surface area contributed by atoms with Gasteiger partial charge in [-0.1, -0.05) is 0 Å². The van der Waals surface area contributed by atoms with Crippen molar-refractivity contribution in [3.8, 4) is 0 Å². The number of halogens is 3. The summed E-state index contributed by atoms with van der Waals surface area (Å²) in [6.07, 6.45) is -3.03. The highest BCUT2D eigenvalue weighted by atomic mass is 19.4. The maximum Gasteiger partial charge on any atom is 0.391 e. The number of hydrogen-bond donors (Lipinski definition) is 1. The molecule has 0 spiro atoms. The van der Waals surface area contributed by atoms with Crippen molar-refractivity contribution in [3.63, 3.8) is 0 Å². The molecule has 0 aromatic heterocycles. The van der Waals surface area contributed by atoms with Crippen LogP contribution in [0.3, 0.4) is 0 Å². The Bertz CT molecular complexity index is 268. The third-order valence-corrected chi connectivity index (χ3v) is 3.56.